The van der Waals surface area contributed by atoms with Crippen LogP contribution in [0.15, 0.2) is 18.3 Å². The Bertz CT molecular complexity index is 383. The van der Waals surface area contributed by atoms with Gasteiger partial charge in [0.15, 0.2) is 0 Å². The number of hydrogen-bond donors (Lipinski definition) is 1. The molecule has 0 radical (unpaired) electrons. The van der Waals surface area contributed by atoms with Crippen LogP contribution >= 0.6 is 0 Å². The van der Waals surface area contributed by atoms with Gasteiger partial charge < -0.3 is 10.2 Å². The van der Waals surface area contributed by atoms with Gasteiger partial charge in [0.1, 0.15) is 5.82 Å². The van der Waals surface area contributed by atoms with E-state index in [-0.39, 0.29) is 0 Å². The Hall–Kier alpha value is -1.09. The van der Waals surface area contributed by atoms with E-state index in [2.05, 4.69) is 55.0 Å². The lowest BCUT2D eigenvalue weighted by Crippen LogP contribution is -2.24. The van der Waals surface area contributed by atoms with Crippen molar-refractivity contribution >= 4 is 5.82 Å². The summed E-state index contributed by atoms with van der Waals surface area (Å²) in [6.07, 6.45) is 3.26. The van der Waals surface area contributed by atoms with Crippen LogP contribution < -0.4 is 10.2 Å². The van der Waals surface area contributed by atoms with E-state index in [9.17, 15) is 0 Å². The molecule has 0 aliphatic carbocycles. The Balaban J connectivity index is 2.04. The molecular weight excluding hydrogens is 222 g/mol. The average Bonchev–Trinajstić information content (AvgIpc) is 2.70. The molecular formula is C15H25N3. The van der Waals surface area contributed by atoms with Gasteiger partial charge in [-0.25, -0.2) is 4.98 Å². The highest BCUT2D eigenvalue weighted by atomic mass is 15.2. The zero-order valence-electron chi connectivity index (χ0n) is 12.0. The Kier molecular flexibility index (Phi) is 3.91. The summed E-state index contributed by atoms with van der Waals surface area (Å²) in [4.78, 5) is 7.01. The van der Waals surface area contributed by atoms with Crippen molar-refractivity contribution in [1.82, 2.24) is 10.3 Å². The molecule has 1 aromatic rings. The number of aromatic nitrogens is 1. The van der Waals surface area contributed by atoms with Crippen LogP contribution in [0.4, 0.5) is 5.82 Å². The third kappa shape index (κ3) is 3.02. The lowest BCUT2D eigenvalue weighted by molar-refractivity contribution is 0.418. The highest BCUT2D eigenvalue weighted by molar-refractivity contribution is 5.41. The molecule has 1 saturated heterocycles. The lowest BCUT2D eigenvalue weighted by Gasteiger charge is -2.21. The summed E-state index contributed by atoms with van der Waals surface area (Å²) in [5, 5.41) is 3.41. The minimum atomic E-state index is 0.381. The van der Waals surface area contributed by atoms with Gasteiger partial charge >= 0.3 is 0 Å². The summed E-state index contributed by atoms with van der Waals surface area (Å²) < 4.78 is 0. The van der Waals surface area contributed by atoms with Crippen LogP contribution in [0.25, 0.3) is 0 Å². The molecule has 18 heavy (non-hydrogen) atoms. The van der Waals surface area contributed by atoms with E-state index < -0.39 is 0 Å². The molecule has 3 nitrogen and oxygen atoms in total. The Morgan fingerprint density at radius 1 is 1.44 bits per heavy atom. The van der Waals surface area contributed by atoms with Crippen molar-refractivity contribution in [1.29, 1.82) is 0 Å². The fraction of sp³-hybridized carbons (Fsp3) is 0.667. The van der Waals surface area contributed by atoms with Crippen molar-refractivity contribution < 1.29 is 0 Å². The first-order valence-corrected chi connectivity index (χ1v) is 6.96. The molecule has 100 valence electrons. The van der Waals surface area contributed by atoms with Gasteiger partial charge in [-0.3, -0.25) is 0 Å². The first-order valence-electron chi connectivity index (χ1n) is 6.96. The number of nitrogens with zero attached hydrogens (tertiary/aromatic N) is 2. The third-order valence-electron chi connectivity index (χ3n) is 3.78. The van der Waals surface area contributed by atoms with E-state index in [0.29, 0.717) is 11.5 Å². The molecule has 1 N–H and O–H groups in total. The molecule has 1 aliphatic rings. The molecule has 0 aromatic carbocycles. The summed E-state index contributed by atoms with van der Waals surface area (Å²) in [6, 6.07) is 4.73. The first-order chi connectivity index (χ1) is 8.52. The van der Waals surface area contributed by atoms with Gasteiger partial charge in [-0.1, -0.05) is 26.8 Å². The molecule has 0 amide bonds. The summed E-state index contributed by atoms with van der Waals surface area (Å²) >= 11 is 0. The highest BCUT2D eigenvalue weighted by Gasteiger charge is 2.29. The number of rotatable bonds is 4. The van der Waals surface area contributed by atoms with E-state index in [1.165, 1.54) is 12.0 Å². The van der Waals surface area contributed by atoms with Gasteiger partial charge in [-0.15, -0.1) is 0 Å². The third-order valence-corrected chi connectivity index (χ3v) is 3.78. The van der Waals surface area contributed by atoms with Gasteiger partial charge in [0.05, 0.1) is 0 Å². The second kappa shape index (κ2) is 5.27. The van der Waals surface area contributed by atoms with Crippen LogP contribution in [0.1, 0.15) is 45.7 Å². The van der Waals surface area contributed by atoms with E-state index in [1.54, 1.807) is 0 Å². The maximum atomic E-state index is 4.62. The largest absolute Gasteiger partial charge is 0.356 e. The van der Waals surface area contributed by atoms with E-state index in [0.717, 1.165) is 25.5 Å². The number of pyridine rings is 1. The minimum absolute atomic E-state index is 0.381. The highest BCUT2D eigenvalue weighted by Crippen LogP contribution is 2.31. The molecule has 1 unspecified atom stereocenters. The van der Waals surface area contributed by atoms with Crippen LogP contribution in [-0.4, -0.2) is 24.6 Å². The van der Waals surface area contributed by atoms with E-state index in [1.807, 2.05) is 6.20 Å². The van der Waals surface area contributed by atoms with Crippen molar-refractivity contribution in [3.8, 4) is 0 Å². The van der Waals surface area contributed by atoms with Crippen molar-refractivity contribution in [2.24, 2.45) is 5.41 Å². The minimum Gasteiger partial charge on any atom is -0.356 e. The predicted octanol–water partition coefficient (Wildman–Crippen LogP) is 2.99. The number of hydrogen-bond acceptors (Lipinski definition) is 3. The van der Waals surface area contributed by atoms with Crippen molar-refractivity contribution in [2.45, 2.75) is 40.2 Å². The summed E-state index contributed by atoms with van der Waals surface area (Å²) in [6.45, 7) is 12.2. The zero-order chi connectivity index (χ0) is 13.2. The average molecular weight is 247 g/mol. The standard InChI is InChI=1S/C15H25N3/c1-5-16-12(2)13-6-7-14(17-10-13)18-9-8-15(3,4)11-18/h6-7,10,12,16H,5,8-9,11H2,1-4H3. The van der Waals surface area contributed by atoms with Crippen LogP contribution in [0, 0.1) is 5.41 Å². The van der Waals surface area contributed by atoms with Crippen molar-refractivity contribution in [3.63, 3.8) is 0 Å². The SMILES string of the molecule is CCNC(C)c1ccc(N2CCC(C)(C)C2)nc1. The lowest BCUT2D eigenvalue weighted by atomic mass is 9.93. The van der Waals surface area contributed by atoms with Crippen LogP contribution in [-0.2, 0) is 0 Å². The van der Waals surface area contributed by atoms with Gasteiger partial charge in [-0.2, -0.15) is 0 Å². The van der Waals surface area contributed by atoms with Gasteiger partial charge in [0, 0.05) is 25.3 Å². The summed E-state index contributed by atoms with van der Waals surface area (Å²) in [7, 11) is 0. The normalized spacial score (nSPS) is 20.1. The molecule has 0 bridgehead atoms. The Morgan fingerprint density at radius 2 is 2.22 bits per heavy atom. The number of nitrogens with one attached hydrogen (secondary N) is 1. The van der Waals surface area contributed by atoms with Crippen LogP contribution in [0.5, 0.6) is 0 Å². The maximum Gasteiger partial charge on any atom is 0.128 e. The molecule has 0 saturated carbocycles. The Morgan fingerprint density at radius 3 is 2.72 bits per heavy atom. The fourth-order valence-electron chi connectivity index (χ4n) is 2.57. The molecule has 1 atom stereocenters. The number of anilines is 1. The maximum absolute atomic E-state index is 4.62. The molecule has 1 aromatic heterocycles. The van der Waals surface area contributed by atoms with Crippen LogP contribution in [0.3, 0.4) is 0 Å². The monoisotopic (exact) mass is 247 g/mol. The smallest absolute Gasteiger partial charge is 0.128 e. The zero-order valence-corrected chi connectivity index (χ0v) is 12.0. The van der Waals surface area contributed by atoms with Crippen molar-refractivity contribution in [2.75, 3.05) is 24.5 Å². The molecule has 2 rings (SSSR count). The molecule has 1 aliphatic heterocycles. The summed E-state index contributed by atoms with van der Waals surface area (Å²) in [5.41, 5.74) is 1.69. The van der Waals surface area contributed by atoms with E-state index in [4.69, 9.17) is 0 Å². The van der Waals surface area contributed by atoms with Gasteiger partial charge in [0.2, 0.25) is 0 Å². The fourth-order valence-corrected chi connectivity index (χ4v) is 2.57. The second-order valence-electron chi connectivity index (χ2n) is 6.06. The predicted molar refractivity (Wildman–Crippen MR) is 76.9 cm³/mol. The quantitative estimate of drug-likeness (QED) is 0.886. The van der Waals surface area contributed by atoms with E-state index >= 15 is 0 Å². The first kappa shape index (κ1) is 13.3. The topological polar surface area (TPSA) is 28.2 Å². The van der Waals surface area contributed by atoms with Gasteiger partial charge in [0.25, 0.3) is 0 Å². The van der Waals surface area contributed by atoms with Crippen LogP contribution in [0.2, 0.25) is 0 Å². The van der Waals surface area contributed by atoms with Crippen molar-refractivity contribution in [3.05, 3.63) is 23.9 Å². The second-order valence-corrected chi connectivity index (χ2v) is 6.06. The molecule has 1 fully saturated rings. The molecule has 0 spiro atoms. The van der Waals surface area contributed by atoms with Gasteiger partial charge in [-0.05, 0) is 36.9 Å². The Labute approximate surface area is 111 Å². The molecule has 2 heterocycles. The summed E-state index contributed by atoms with van der Waals surface area (Å²) in [5.74, 6) is 1.12. The molecule has 3 heteroatoms.